The molecule has 0 spiro atoms. The van der Waals surface area contributed by atoms with Gasteiger partial charge in [0.2, 0.25) is 6.73 Å². The van der Waals surface area contributed by atoms with Gasteiger partial charge in [-0.05, 0) is 88.4 Å². The maximum atomic E-state index is 12.9. The van der Waals surface area contributed by atoms with E-state index in [9.17, 15) is 9.59 Å². The Hall–Kier alpha value is -1.36. The van der Waals surface area contributed by atoms with E-state index in [4.69, 9.17) is 9.47 Å². The summed E-state index contributed by atoms with van der Waals surface area (Å²) in [5.74, 6) is 2.36. The summed E-state index contributed by atoms with van der Waals surface area (Å²) >= 11 is 0. The van der Waals surface area contributed by atoms with Gasteiger partial charge in [-0.3, -0.25) is 9.28 Å². The van der Waals surface area contributed by atoms with Gasteiger partial charge in [0.05, 0.1) is 19.6 Å². The van der Waals surface area contributed by atoms with Gasteiger partial charge in [0.25, 0.3) is 0 Å². The molecule has 0 amide bonds. The van der Waals surface area contributed by atoms with Crippen molar-refractivity contribution in [2.24, 2.45) is 28.6 Å². The van der Waals surface area contributed by atoms with Crippen LogP contribution in [0.5, 0.6) is 0 Å². The van der Waals surface area contributed by atoms with Crippen LogP contribution in [0.3, 0.4) is 0 Å². The first-order valence-electron chi connectivity index (χ1n) is 18.1. The molecule has 3 saturated carbocycles. The number of quaternary nitrogens is 1. The molecule has 4 rings (SSSR count). The molecule has 0 unspecified atom stereocenters. The van der Waals surface area contributed by atoms with E-state index in [1.54, 1.807) is 0 Å². The number of ketones is 1. The Bertz CT molecular complexity index is 925. The largest absolute Gasteiger partial charge is 0.512 e. The van der Waals surface area contributed by atoms with Crippen LogP contribution in [-0.4, -0.2) is 48.9 Å². The minimum atomic E-state index is -0.483. The number of hydrogen-bond donors (Lipinski definition) is 0. The molecule has 0 bridgehead atoms. The molecule has 0 N–H and O–H groups in total. The second-order valence-corrected chi connectivity index (χ2v) is 15.1. The Morgan fingerprint density at radius 2 is 1.48 bits per heavy atom. The summed E-state index contributed by atoms with van der Waals surface area (Å²) in [4.78, 5) is 25.6. The van der Waals surface area contributed by atoms with Crippen LogP contribution in [0.1, 0.15) is 150 Å². The summed E-state index contributed by atoms with van der Waals surface area (Å²) < 4.78 is 12.6. The van der Waals surface area contributed by atoms with Crippen LogP contribution in [0.15, 0.2) is 11.6 Å². The number of allylic oxidation sites excluding steroid dienone is 1. The molecule has 3 fully saturated rings. The third-order valence-corrected chi connectivity index (χ3v) is 12.8. The van der Waals surface area contributed by atoms with Gasteiger partial charge in [0.1, 0.15) is 11.9 Å². The van der Waals surface area contributed by atoms with E-state index < -0.39 is 6.16 Å². The van der Waals surface area contributed by atoms with E-state index in [1.807, 2.05) is 0 Å². The van der Waals surface area contributed by atoms with Gasteiger partial charge in [-0.2, -0.15) is 0 Å². The van der Waals surface area contributed by atoms with Crippen molar-refractivity contribution in [3.8, 4) is 0 Å². The van der Waals surface area contributed by atoms with E-state index in [2.05, 4.69) is 40.7 Å². The van der Waals surface area contributed by atoms with E-state index in [0.29, 0.717) is 30.3 Å². The average Bonchev–Trinajstić information content (AvgIpc) is 3.30. The molecule has 5 heteroatoms. The van der Waals surface area contributed by atoms with Crippen LogP contribution in [0, 0.1) is 28.6 Å². The Morgan fingerprint density at radius 3 is 2.14 bits per heavy atom. The normalized spacial score (nSPS) is 32.5. The monoisotopic (exact) mass is 586 g/mol. The lowest BCUT2D eigenvalue weighted by atomic mass is 9.48. The molecule has 0 saturated heterocycles. The van der Waals surface area contributed by atoms with Crippen LogP contribution >= 0.6 is 0 Å². The van der Waals surface area contributed by atoms with Crippen LogP contribution < -0.4 is 0 Å². The highest BCUT2D eigenvalue weighted by atomic mass is 16.7. The SMILES string of the molecule is CCCCCCCCCCCC[N+](CC)(CC)COC(=O)O[C@H]1CC[C@@]2(C)C(=CC[C@@H]3[C@@H]2CC[C@]2(C)C(=O)CC[C@@H]32)C1. The predicted octanol–water partition coefficient (Wildman–Crippen LogP) is 9.78. The second kappa shape index (κ2) is 15.1. The van der Waals surface area contributed by atoms with Gasteiger partial charge in [-0.1, -0.05) is 83.8 Å². The zero-order valence-corrected chi connectivity index (χ0v) is 28.0. The van der Waals surface area contributed by atoms with Gasteiger partial charge in [0.15, 0.2) is 0 Å². The molecule has 4 aliphatic carbocycles. The van der Waals surface area contributed by atoms with Gasteiger partial charge in [0, 0.05) is 18.3 Å². The van der Waals surface area contributed by atoms with Gasteiger partial charge < -0.3 is 9.47 Å². The third kappa shape index (κ3) is 7.46. The van der Waals surface area contributed by atoms with E-state index in [0.717, 1.165) is 75.5 Å². The fourth-order valence-corrected chi connectivity index (χ4v) is 9.58. The highest BCUT2D eigenvalue weighted by Gasteiger charge is 2.58. The fourth-order valence-electron chi connectivity index (χ4n) is 9.58. The summed E-state index contributed by atoms with van der Waals surface area (Å²) in [5, 5.41) is 0. The van der Waals surface area contributed by atoms with Gasteiger partial charge in [-0.25, -0.2) is 4.79 Å². The van der Waals surface area contributed by atoms with E-state index >= 15 is 0 Å². The number of fused-ring (bicyclic) bond motifs is 5. The summed E-state index contributed by atoms with van der Waals surface area (Å²) in [6, 6.07) is 0. The third-order valence-electron chi connectivity index (χ3n) is 12.8. The lowest BCUT2D eigenvalue weighted by molar-refractivity contribution is -0.940. The summed E-state index contributed by atoms with van der Waals surface area (Å²) in [6.45, 7) is 14.9. The molecular weight excluding hydrogens is 522 g/mol. The molecule has 5 nitrogen and oxygen atoms in total. The van der Waals surface area contributed by atoms with E-state index in [-0.39, 0.29) is 16.9 Å². The number of rotatable bonds is 16. The van der Waals surface area contributed by atoms with Crippen molar-refractivity contribution >= 4 is 11.9 Å². The van der Waals surface area contributed by atoms with Crippen LogP contribution in [0.25, 0.3) is 0 Å². The molecule has 240 valence electrons. The zero-order valence-electron chi connectivity index (χ0n) is 28.0. The molecule has 4 aliphatic rings. The molecule has 0 aromatic rings. The van der Waals surface area contributed by atoms with Crippen LogP contribution in [-0.2, 0) is 14.3 Å². The fraction of sp³-hybridized carbons (Fsp3) is 0.892. The van der Waals surface area contributed by atoms with Crippen molar-refractivity contribution in [3.05, 3.63) is 11.6 Å². The standard InChI is InChI=1S/C37H64NO4/c1-6-9-10-11-12-13-14-15-16-17-26-38(7-2,8-3)28-41-35(40)42-30-22-24-36(4)29(27-30)18-19-31-32-20-21-34(39)37(32,5)25-23-33(31)36/h18,30-33H,6-17,19-28H2,1-5H3/q+1/t30-,31-,32-,33-,36-,37-/m0/s1. The first-order chi connectivity index (χ1) is 20.2. The summed E-state index contributed by atoms with van der Waals surface area (Å²) in [5.41, 5.74) is 1.60. The Balaban J connectivity index is 1.19. The maximum absolute atomic E-state index is 12.9. The summed E-state index contributed by atoms with van der Waals surface area (Å²) in [7, 11) is 0. The van der Waals surface area contributed by atoms with Gasteiger partial charge >= 0.3 is 6.16 Å². The van der Waals surface area contributed by atoms with Crippen molar-refractivity contribution in [2.45, 2.75) is 156 Å². The second-order valence-electron chi connectivity index (χ2n) is 15.1. The maximum Gasteiger partial charge on any atom is 0.512 e. The molecule has 0 aliphatic heterocycles. The quantitative estimate of drug-likeness (QED) is 0.0594. The number of carbonyl (C=O) groups is 2. The minimum absolute atomic E-state index is 0.0782. The van der Waals surface area contributed by atoms with Crippen molar-refractivity contribution in [3.63, 3.8) is 0 Å². The molecule has 42 heavy (non-hydrogen) atoms. The first-order valence-corrected chi connectivity index (χ1v) is 18.1. The van der Waals surface area contributed by atoms with Crippen LogP contribution in [0.4, 0.5) is 4.79 Å². The molecule has 0 heterocycles. The van der Waals surface area contributed by atoms with Crippen molar-refractivity contribution < 1.29 is 23.5 Å². The average molecular weight is 587 g/mol. The van der Waals surface area contributed by atoms with Crippen molar-refractivity contribution in [2.75, 3.05) is 26.4 Å². The number of hydrogen-bond acceptors (Lipinski definition) is 4. The van der Waals surface area contributed by atoms with E-state index in [1.165, 1.54) is 69.8 Å². The molecular formula is C37H64NO4+. The highest BCUT2D eigenvalue weighted by Crippen LogP contribution is 2.64. The molecule has 0 radical (unpaired) electrons. The van der Waals surface area contributed by atoms with Gasteiger partial charge in [-0.15, -0.1) is 0 Å². The lowest BCUT2D eigenvalue weighted by Gasteiger charge is -2.56. The van der Waals surface area contributed by atoms with Crippen molar-refractivity contribution in [1.29, 1.82) is 0 Å². The molecule has 0 aromatic heterocycles. The van der Waals surface area contributed by atoms with Crippen molar-refractivity contribution in [1.82, 2.24) is 0 Å². The smallest absolute Gasteiger partial charge is 0.431 e. The Labute approximate surface area is 258 Å². The Kier molecular flexibility index (Phi) is 12.0. The minimum Gasteiger partial charge on any atom is -0.431 e. The first kappa shape index (κ1) is 33.5. The predicted molar refractivity (Wildman–Crippen MR) is 171 cm³/mol. The Morgan fingerprint density at radius 1 is 0.857 bits per heavy atom. The molecule has 6 atom stereocenters. The number of unbranched alkanes of at least 4 members (excludes halogenated alkanes) is 9. The molecule has 0 aromatic carbocycles. The number of carbonyl (C=O) groups excluding carboxylic acids is 2. The summed E-state index contributed by atoms with van der Waals surface area (Å²) in [6.07, 6.45) is 23.3. The number of Topliss-reactive ketones (excluding diaryl/α,β-unsaturated/α-hetero) is 1. The number of nitrogens with zero attached hydrogens (tertiary/aromatic N) is 1. The highest BCUT2D eigenvalue weighted by molar-refractivity contribution is 5.87. The lowest BCUT2D eigenvalue weighted by Crippen LogP contribution is -2.51. The number of ether oxygens (including phenoxy) is 2. The zero-order chi connectivity index (χ0) is 30.2. The topological polar surface area (TPSA) is 52.6 Å². The van der Waals surface area contributed by atoms with Crippen LogP contribution in [0.2, 0.25) is 0 Å².